The molecule has 1 aliphatic carbocycles. The number of thiophene rings is 2. The van der Waals surface area contributed by atoms with Crippen molar-refractivity contribution >= 4 is 69.0 Å². The molecule has 5 heteroatoms. The number of fused-ring (bicyclic) bond motifs is 6. The number of nitrogens with zero attached hydrogens (tertiary/aromatic N) is 2. The van der Waals surface area contributed by atoms with E-state index >= 15 is 0 Å². The Labute approximate surface area is 275 Å². The summed E-state index contributed by atoms with van der Waals surface area (Å²) in [5, 5.41) is 11.5. The quantitative estimate of drug-likeness (QED) is 0.136. The SMILES string of the molecule is CC1(C)c2ccccc2-c2ccc(-n3c4ccccc4c4cc(-c5ccc(C=Cc6ccc(C=C([C]=O)C#N)s6)s5)ccc43)cc21. The Hall–Kier alpha value is -5.28. The monoisotopic (exact) mass is 627 g/mol. The second-order valence-corrected chi connectivity index (χ2v) is 14.3. The molecule has 46 heavy (non-hydrogen) atoms. The maximum atomic E-state index is 10.8. The van der Waals surface area contributed by atoms with Crippen molar-refractivity contribution in [1.29, 1.82) is 5.26 Å². The van der Waals surface area contributed by atoms with Crippen molar-refractivity contribution in [2.75, 3.05) is 0 Å². The van der Waals surface area contributed by atoms with Gasteiger partial charge in [-0.1, -0.05) is 68.4 Å². The largest absolute Gasteiger partial charge is 0.309 e. The number of aromatic nitrogens is 1. The van der Waals surface area contributed by atoms with Crippen molar-refractivity contribution in [1.82, 2.24) is 4.57 Å². The van der Waals surface area contributed by atoms with E-state index in [2.05, 4.69) is 128 Å². The van der Waals surface area contributed by atoms with Crippen molar-refractivity contribution < 1.29 is 4.79 Å². The normalized spacial score (nSPS) is 13.7. The fourth-order valence-electron chi connectivity index (χ4n) is 6.76. The van der Waals surface area contributed by atoms with Crippen LogP contribution in [0.2, 0.25) is 0 Å². The summed E-state index contributed by atoms with van der Waals surface area (Å²) in [5.74, 6) is 0. The van der Waals surface area contributed by atoms with Crippen LogP contribution in [0.4, 0.5) is 0 Å². The van der Waals surface area contributed by atoms with E-state index in [1.165, 1.54) is 71.5 Å². The van der Waals surface area contributed by atoms with Gasteiger partial charge in [0.2, 0.25) is 6.29 Å². The van der Waals surface area contributed by atoms with E-state index in [1.807, 2.05) is 18.2 Å². The predicted octanol–water partition coefficient (Wildman–Crippen LogP) is 11.1. The lowest BCUT2D eigenvalue weighted by Crippen LogP contribution is -2.15. The number of nitriles is 1. The molecule has 3 nitrogen and oxygen atoms in total. The minimum absolute atomic E-state index is 0.00238. The molecule has 0 saturated carbocycles. The Morgan fingerprint density at radius 3 is 2.28 bits per heavy atom. The standard InChI is InChI=1S/C41H27N2OS2/c1-41(2)36-9-5-3-7-32(36)33-18-12-28(23-37(33)41)43-38-10-6-4-8-34(38)35-22-27(11-19-39(35)43)40-20-17-30(46-40)14-13-29-15-16-31(45-29)21-26(24-42)25-44/h3-23H,1-2H3. The Morgan fingerprint density at radius 2 is 1.43 bits per heavy atom. The van der Waals surface area contributed by atoms with Crippen LogP contribution in [-0.2, 0) is 10.2 Å². The highest BCUT2D eigenvalue weighted by Crippen LogP contribution is 2.49. The van der Waals surface area contributed by atoms with Crippen LogP contribution in [0.15, 0.2) is 115 Å². The van der Waals surface area contributed by atoms with Crippen molar-refractivity contribution in [3.8, 4) is 33.3 Å². The Morgan fingerprint density at radius 1 is 0.717 bits per heavy atom. The number of benzene rings is 4. The van der Waals surface area contributed by atoms with Crippen molar-refractivity contribution in [2.24, 2.45) is 0 Å². The summed E-state index contributed by atoms with van der Waals surface area (Å²) in [5.41, 5.74) is 10.2. The first-order valence-corrected chi connectivity index (χ1v) is 16.7. The number of para-hydroxylation sites is 1. The molecular formula is C41H27N2OS2. The van der Waals surface area contributed by atoms with Gasteiger partial charge in [-0.15, -0.1) is 22.7 Å². The zero-order valence-electron chi connectivity index (χ0n) is 25.2. The maximum Gasteiger partial charge on any atom is 0.244 e. The lowest BCUT2D eigenvalue weighted by molar-refractivity contribution is 0.563. The van der Waals surface area contributed by atoms with Crippen LogP contribution in [0.1, 0.15) is 39.6 Å². The third kappa shape index (κ3) is 4.58. The second-order valence-electron chi connectivity index (χ2n) is 12.0. The van der Waals surface area contributed by atoms with Crippen molar-refractivity contribution in [3.05, 3.63) is 141 Å². The molecule has 0 atom stereocenters. The molecular weight excluding hydrogens is 601 g/mol. The van der Waals surface area contributed by atoms with E-state index < -0.39 is 0 Å². The molecule has 8 rings (SSSR count). The highest BCUT2D eigenvalue weighted by atomic mass is 32.1. The summed E-state index contributed by atoms with van der Waals surface area (Å²) >= 11 is 3.29. The lowest BCUT2D eigenvalue weighted by Gasteiger charge is -2.22. The number of rotatable bonds is 6. The van der Waals surface area contributed by atoms with Gasteiger partial charge in [-0.25, -0.2) is 0 Å². The van der Waals surface area contributed by atoms with Crippen LogP contribution in [0.25, 0.3) is 67.3 Å². The molecule has 1 radical (unpaired) electrons. The van der Waals surface area contributed by atoms with E-state index in [0.717, 1.165) is 14.6 Å². The molecule has 1 aliphatic rings. The molecule has 4 aromatic carbocycles. The third-order valence-corrected chi connectivity index (χ3v) is 11.1. The molecule has 219 valence electrons. The summed E-state index contributed by atoms with van der Waals surface area (Å²) in [6.07, 6.45) is 7.42. The first kappa shape index (κ1) is 28.2. The van der Waals surface area contributed by atoms with Crippen LogP contribution in [0.3, 0.4) is 0 Å². The molecule has 0 fully saturated rings. The van der Waals surface area contributed by atoms with Crippen LogP contribution in [0, 0.1) is 11.3 Å². The first-order chi connectivity index (χ1) is 22.4. The van der Waals surface area contributed by atoms with Crippen molar-refractivity contribution in [3.63, 3.8) is 0 Å². The highest BCUT2D eigenvalue weighted by Gasteiger charge is 2.35. The molecule has 3 heterocycles. The maximum absolute atomic E-state index is 10.8. The van der Waals surface area contributed by atoms with E-state index in [1.54, 1.807) is 23.7 Å². The Kier molecular flexibility index (Phi) is 6.72. The van der Waals surface area contributed by atoms with Gasteiger partial charge in [0.1, 0.15) is 11.6 Å². The molecule has 0 bridgehead atoms. The fraction of sp³-hybridized carbons (Fsp3) is 0.0732. The van der Waals surface area contributed by atoms with Gasteiger partial charge in [0.25, 0.3) is 0 Å². The lowest BCUT2D eigenvalue weighted by atomic mass is 9.82. The molecule has 0 saturated heterocycles. The topological polar surface area (TPSA) is 45.8 Å². The number of hydrogen-bond donors (Lipinski definition) is 0. The fourth-order valence-corrected chi connectivity index (χ4v) is 8.52. The van der Waals surface area contributed by atoms with Gasteiger partial charge < -0.3 is 4.57 Å². The summed E-state index contributed by atoms with van der Waals surface area (Å²) in [6.45, 7) is 4.67. The van der Waals surface area contributed by atoms with Crippen LogP contribution in [-0.4, -0.2) is 10.9 Å². The number of allylic oxidation sites excluding steroid dienone is 1. The zero-order chi connectivity index (χ0) is 31.4. The van der Waals surface area contributed by atoms with E-state index in [0.29, 0.717) is 0 Å². The van der Waals surface area contributed by atoms with Gasteiger partial charge in [0, 0.05) is 41.4 Å². The van der Waals surface area contributed by atoms with Crippen LogP contribution < -0.4 is 0 Å². The summed E-state index contributed by atoms with van der Waals surface area (Å²) < 4.78 is 2.41. The van der Waals surface area contributed by atoms with Gasteiger partial charge in [-0.2, -0.15) is 5.26 Å². The molecule has 0 N–H and O–H groups in total. The highest BCUT2D eigenvalue weighted by molar-refractivity contribution is 7.16. The molecule has 0 aliphatic heterocycles. The van der Waals surface area contributed by atoms with Gasteiger partial charge in [-0.3, -0.25) is 4.79 Å². The molecule has 7 aromatic rings. The minimum Gasteiger partial charge on any atom is -0.309 e. The second kappa shape index (κ2) is 11.0. The molecule has 0 unspecified atom stereocenters. The molecule has 0 spiro atoms. The third-order valence-electron chi connectivity index (χ3n) is 8.99. The van der Waals surface area contributed by atoms with Gasteiger partial charge in [0.05, 0.1) is 11.0 Å². The van der Waals surface area contributed by atoms with Gasteiger partial charge >= 0.3 is 0 Å². The Bertz CT molecular complexity index is 2440. The average Bonchev–Trinajstić information content (AvgIpc) is 3.86. The van der Waals surface area contributed by atoms with Crippen LogP contribution in [0.5, 0.6) is 0 Å². The van der Waals surface area contributed by atoms with E-state index in [9.17, 15) is 4.79 Å². The minimum atomic E-state index is -0.0575. The summed E-state index contributed by atoms with van der Waals surface area (Å²) in [4.78, 5) is 15.1. The Balaban J connectivity index is 1.15. The molecule has 0 amide bonds. The number of carbonyl (C=O) groups excluding carboxylic acids is 1. The smallest absolute Gasteiger partial charge is 0.244 e. The molecule has 3 aromatic heterocycles. The van der Waals surface area contributed by atoms with Crippen LogP contribution >= 0.6 is 22.7 Å². The van der Waals surface area contributed by atoms with Crippen molar-refractivity contribution in [2.45, 2.75) is 19.3 Å². The predicted molar refractivity (Wildman–Crippen MR) is 194 cm³/mol. The van der Waals surface area contributed by atoms with E-state index in [-0.39, 0.29) is 11.0 Å². The average molecular weight is 628 g/mol. The summed E-state index contributed by atoms with van der Waals surface area (Å²) in [6, 6.07) is 41.4. The zero-order valence-corrected chi connectivity index (χ0v) is 26.9. The number of hydrogen-bond acceptors (Lipinski definition) is 4. The first-order valence-electron chi connectivity index (χ1n) is 15.1. The van der Waals surface area contributed by atoms with Gasteiger partial charge in [0.15, 0.2) is 0 Å². The van der Waals surface area contributed by atoms with Gasteiger partial charge in [-0.05, 0) is 101 Å². The summed E-state index contributed by atoms with van der Waals surface area (Å²) in [7, 11) is 0. The van der Waals surface area contributed by atoms with E-state index in [4.69, 9.17) is 5.26 Å².